The summed E-state index contributed by atoms with van der Waals surface area (Å²) in [6.07, 6.45) is 5.60. The predicted molar refractivity (Wildman–Crippen MR) is 101 cm³/mol. The highest BCUT2D eigenvalue weighted by molar-refractivity contribution is 5.76. The van der Waals surface area contributed by atoms with E-state index in [4.69, 9.17) is 0 Å². The zero-order valence-corrected chi connectivity index (χ0v) is 15.3. The van der Waals surface area contributed by atoms with Gasteiger partial charge in [0.2, 0.25) is 5.91 Å². The van der Waals surface area contributed by atoms with E-state index in [0.29, 0.717) is 12.6 Å². The van der Waals surface area contributed by atoms with Crippen LogP contribution in [-0.2, 0) is 17.9 Å². The van der Waals surface area contributed by atoms with E-state index in [1.807, 2.05) is 52.2 Å². The summed E-state index contributed by atoms with van der Waals surface area (Å²) >= 11 is 0. The van der Waals surface area contributed by atoms with Gasteiger partial charge in [0.15, 0.2) is 0 Å². The molecule has 0 aliphatic carbocycles. The lowest BCUT2D eigenvalue weighted by Crippen LogP contribution is -2.52. The number of aromatic nitrogens is 5. The van der Waals surface area contributed by atoms with Crippen molar-refractivity contribution in [2.45, 2.75) is 26.1 Å². The Kier molecular flexibility index (Phi) is 4.97. The third-order valence-electron chi connectivity index (χ3n) is 4.65. The van der Waals surface area contributed by atoms with E-state index in [1.165, 1.54) is 0 Å². The molecule has 0 bridgehead atoms. The van der Waals surface area contributed by atoms with E-state index in [1.54, 1.807) is 11.0 Å². The van der Waals surface area contributed by atoms with E-state index < -0.39 is 0 Å². The van der Waals surface area contributed by atoms with E-state index in [-0.39, 0.29) is 12.5 Å². The van der Waals surface area contributed by atoms with Crippen LogP contribution in [0.4, 0.5) is 0 Å². The highest BCUT2D eigenvalue weighted by atomic mass is 16.2. The minimum atomic E-state index is 0.0776. The van der Waals surface area contributed by atoms with Crippen molar-refractivity contribution in [2.24, 2.45) is 0 Å². The molecule has 1 aromatic carbocycles. The second-order valence-electron chi connectivity index (χ2n) is 6.90. The largest absolute Gasteiger partial charge is 0.338 e. The molecular weight excluding hydrogens is 342 g/mol. The van der Waals surface area contributed by atoms with Gasteiger partial charge in [-0.1, -0.05) is 35.5 Å². The number of amides is 1. The summed E-state index contributed by atoms with van der Waals surface area (Å²) in [5, 5.41) is 11.6. The monoisotopic (exact) mass is 365 g/mol. The molecule has 8 nitrogen and oxygen atoms in total. The van der Waals surface area contributed by atoms with Crippen molar-refractivity contribution in [2.75, 3.05) is 19.6 Å². The Hall–Kier alpha value is -3.00. The molecule has 27 heavy (non-hydrogen) atoms. The van der Waals surface area contributed by atoms with Gasteiger partial charge in [-0.15, -0.1) is 5.10 Å². The standard InChI is InChI=1S/C19H23N7O/c1-15-9-25(8-7-20-15)19(27)13-26-11-17(22-23-26)10-24-12-18(21-14-24)16-5-3-2-4-6-16/h2-6,11-12,14-15,20H,7-10,13H2,1H3. The molecule has 0 saturated carbocycles. The number of benzene rings is 1. The maximum absolute atomic E-state index is 12.4. The van der Waals surface area contributed by atoms with Gasteiger partial charge in [-0.25, -0.2) is 9.67 Å². The smallest absolute Gasteiger partial charge is 0.244 e. The molecule has 1 amide bonds. The second-order valence-corrected chi connectivity index (χ2v) is 6.90. The Bertz CT molecular complexity index is 902. The van der Waals surface area contributed by atoms with Crippen LogP contribution < -0.4 is 5.32 Å². The molecule has 4 rings (SSSR count). The van der Waals surface area contributed by atoms with E-state index in [9.17, 15) is 4.79 Å². The molecule has 1 aliphatic heterocycles. The highest BCUT2D eigenvalue weighted by Crippen LogP contribution is 2.16. The molecule has 1 fully saturated rings. The lowest BCUT2D eigenvalue weighted by Gasteiger charge is -2.31. The van der Waals surface area contributed by atoms with Gasteiger partial charge in [0.25, 0.3) is 0 Å². The summed E-state index contributed by atoms with van der Waals surface area (Å²) in [6, 6.07) is 10.4. The summed E-state index contributed by atoms with van der Waals surface area (Å²) in [5.41, 5.74) is 2.80. The van der Waals surface area contributed by atoms with Crippen molar-refractivity contribution >= 4 is 5.91 Å². The Balaban J connectivity index is 1.37. The van der Waals surface area contributed by atoms with Crippen LogP contribution in [0.3, 0.4) is 0 Å². The Morgan fingerprint density at radius 1 is 1.26 bits per heavy atom. The number of imidazole rings is 1. The van der Waals surface area contributed by atoms with Crippen LogP contribution in [0.25, 0.3) is 11.3 Å². The highest BCUT2D eigenvalue weighted by Gasteiger charge is 2.21. The topological polar surface area (TPSA) is 80.9 Å². The fourth-order valence-electron chi connectivity index (χ4n) is 3.28. The summed E-state index contributed by atoms with van der Waals surface area (Å²) in [5.74, 6) is 0.0776. The second kappa shape index (κ2) is 7.71. The van der Waals surface area contributed by atoms with Crippen LogP contribution >= 0.6 is 0 Å². The van der Waals surface area contributed by atoms with Crippen LogP contribution in [0.2, 0.25) is 0 Å². The molecule has 3 heterocycles. The number of nitrogens with zero attached hydrogens (tertiary/aromatic N) is 6. The first-order valence-corrected chi connectivity index (χ1v) is 9.15. The molecule has 0 spiro atoms. The first kappa shape index (κ1) is 17.4. The van der Waals surface area contributed by atoms with Gasteiger partial charge < -0.3 is 14.8 Å². The number of piperazine rings is 1. The number of hydrogen-bond acceptors (Lipinski definition) is 5. The number of carbonyl (C=O) groups excluding carboxylic acids is 1. The molecule has 0 radical (unpaired) electrons. The van der Waals surface area contributed by atoms with Crippen molar-refractivity contribution < 1.29 is 4.79 Å². The quantitative estimate of drug-likeness (QED) is 0.730. The van der Waals surface area contributed by atoms with Gasteiger partial charge in [-0.3, -0.25) is 4.79 Å². The van der Waals surface area contributed by atoms with Gasteiger partial charge in [0, 0.05) is 37.4 Å². The van der Waals surface area contributed by atoms with Crippen LogP contribution in [0.1, 0.15) is 12.6 Å². The molecule has 2 aromatic heterocycles. The lowest BCUT2D eigenvalue weighted by molar-refractivity contribution is -0.133. The molecular formula is C19H23N7O. The zero-order chi connectivity index (χ0) is 18.6. The molecule has 1 aliphatic rings. The maximum Gasteiger partial charge on any atom is 0.244 e. The third-order valence-corrected chi connectivity index (χ3v) is 4.65. The van der Waals surface area contributed by atoms with Gasteiger partial charge in [-0.05, 0) is 6.92 Å². The van der Waals surface area contributed by atoms with Gasteiger partial charge >= 0.3 is 0 Å². The minimum absolute atomic E-state index is 0.0776. The number of nitrogens with one attached hydrogen (secondary N) is 1. The van der Waals surface area contributed by atoms with Crippen molar-refractivity contribution in [3.63, 3.8) is 0 Å². The molecule has 1 atom stereocenters. The SMILES string of the molecule is CC1CN(C(=O)Cn2cc(Cn3cnc(-c4ccccc4)c3)nn2)CCN1. The average molecular weight is 365 g/mol. The summed E-state index contributed by atoms with van der Waals surface area (Å²) in [7, 11) is 0. The third kappa shape index (κ3) is 4.22. The Labute approximate surface area is 157 Å². The molecule has 1 unspecified atom stereocenters. The van der Waals surface area contributed by atoms with Gasteiger partial charge in [-0.2, -0.15) is 0 Å². The van der Waals surface area contributed by atoms with Crippen LogP contribution in [-0.4, -0.2) is 61.0 Å². The number of hydrogen-bond donors (Lipinski definition) is 1. The van der Waals surface area contributed by atoms with E-state index in [2.05, 4.69) is 27.5 Å². The normalized spacial score (nSPS) is 17.2. The fraction of sp³-hybridized carbons (Fsp3) is 0.368. The van der Waals surface area contributed by atoms with Crippen LogP contribution in [0.5, 0.6) is 0 Å². The summed E-state index contributed by atoms with van der Waals surface area (Å²) < 4.78 is 3.58. The number of carbonyl (C=O) groups is 1. The molecule has 8 heteroatoms. The first-order valence-electron chi connectivity index (χ1n) is 9.15. The summed E-state index contributed by atoms with van der Waals surface area (Å²) in [6.45, 7) is 5.18. The fourth-order valence-corrected chi connectivity index (χ4v) is 3.28. The van der Waals surface area contributed by atoms with Crippen molar-refractivity contribution in [3.05, 3.63) is 54.7 Å². The van der Waals surface area contributed by atoms with Gasteiger partial charge in [0.1, 0.15) is 12.2 Å². The molecule has 140 valence electrons. The molecule has 1 N–H and O–H groups in total. The predicted octanol–water partition coefficient (Wildman–Crippen LogP) is 1.01. The Morgan fingerprint density at radius 2 is 2.11 bits per heavy atom. The molecule has 3 aromatic rings. The zero-order valence-electron chi connectivity index (χ0n) is 15.3. The lowest BCUT2D eigenvalue weighted by atomic mass is 10.2. The summed E-state index contributed by atoms with van der Waals surface area (Å²) in [4.78, 5) is 18.8. The van der Waals surface area contributed by atoms with Crippen molar-refractivity contribution in [1.29, 1.82) is 0 Å². The van der Waals surface area contributed by atoms with Gasteiger partial charge in [0.05, 0.1) is 24.8 Å². The maximum atomic E-state index is 12.4. The van der Waals surface area contributed by atoms with Crippen molar-refractivity contribution in [1.82, 2.24) is 34.8 Å². The van der Waals surface area contributed by atoms with Crippen LogP contribution in [0, 0.1) is 0 Å². The average Bonchev–Trinajstić information content (AvgIpc) is 3.32. The minimum Gasteiger partial charge on any atom is -0.338 e. The van der Waals surface area contributed by atoms with Crippen molar-refractivity contribution in [3.8, 4) is 11.3 Å². The van der Waals surface area contributed by atoms with E-state index in [0.717, 1.165) is 36.6 Å². The number of rotatable bonds is 5. The van der Waals surface area contributed by atoms with E-state index >= 15 is 0 Å². The van der Waals surface area contributed by atoms with Crippen LogP contribution in [0.15, 0.2) is 49.1 Å². The molecule has 1 saturated heterocycles. The Morgan fingerprint density at radius 3 is 2.93 bits per heavy atom. The first-order chi connectivity index (χ1) is 13.2.